The summed E-state index contributed by atoms with van der Waals surface area (Å²) in [5.74, 6) is -1.30. The summed E-state index contributed by atoms with van der Waals surface area (Å²) in [7, 11) is 0. The predicted octanol–water partition coefficient (Wildman–Crippen LogP) is 5.72. The first-order valence-corrected chi connectivity index (χ1v) is 10.8. The molecule has 2 aromatic rings. The number of carbonyl (C=O) groups excluding carboxylic acids is 1. The van der Waals surface area contributed by atoms with Gasteiger partial charge in [-0.1, -0.05) is 60.2 Å². The first-order valence-electron chi connectivity index (χ1n) is 9.59. The monoisotopic (exact) mass is 428 g/mol. The number of allylic oxidation sites excluding steroid dienone is 4. The molecule has 150 valence electrons. The number of thiophene rings is 1. The number of carboxylic acids is 1. The molecule has 0 bridgehead atoms. The second-order valence-electron chi connectivity index (χ2n) is 7.44. The zero-order chi connectivity index (χ0) is 20.6. The van der Waals surface area contributed by atoms with Gasteiger partial charge in [-0.3, -0.25) is 4.79 Å². The largest absolute Gasteiger partial charge is 0.478 e. The maximum atomic E-state index is 13.0. The molecule has 1 fully saturated rings. The van der Waals surface area contributed by atoms with Crippen molar-refractivity contribution >= 4 is 40.4 Å². The van der Waals surface area contributed by atoms with Crippen LogP contribution in [-0.4, -0.2) is 23.7 Å². The quantitative estimate of drug-likeness (QED) is 0.597. The summed E-state index contributed by atoms with van der Waals surface area (Å²) in [6.45, 7) is 2.08. The molecular formula is C23H21ClO4S. The fourth-order valence-electron chi connectivity index (χ4n) is 4.30. The molecule has 2 aliphatic carbocycles. The number of carboxylic acid groups (broad SMARTS) is 1. The van der Waals surface area contributed by atoms with Gasteiger partial charge in [0.25, 0.3) is 0 Å². The molecule has 4 rings (SSSR count). The molecule has 4 nitrogen and oxygen atoms in total. The van der Waals surface area contributed by atoms with Crippen LogP contribution < -0.4 is 0 Å². The fraction of sp³-hybridized carbons (Fsp3) is 0.304. The van der Waals surface area contributed by atoms with Gasteiger partial charge in [0, 0.05) is 10.3 Å². The van der Waals surface area contributed by atoms with Gasteiger partial charge in [0.1, 0.15) is 0 Å². The Bertz CT molecular complexity index is 1020. The van der Waals surface area contributed by atoms with E-state index in [9.17, 15) is 14.7 Å². The summed E-state index contributed by atoms with van der Waals surface area (Å²) in [5.41, 5.74) is 0.776. The number of carbonyl (C=O) groups is 2. The molecule has 1 unspecified atom stereocenters. The van der Waals surface area contributed by atoms with E-state index in [-0.39, 0.29) is 11.5 Å². The Morgan fingerprint density at radius 2 is 1.97 bits per heavy atom. The van der Waals surface area contributed by atoms with Crippen LogP contribution in [0.15, 0.2) is 54.6 Å². The molecule has 0 saturated heterocycles. The topological polar surface area (TPSA) is 63.6 Å². The molecule has 0 amide bonds. The van der Waals surface area contributed by atoms with Crippen LogP contribution in [0.1, 0.15) is 47.0 Å². The average molecular weight is 429 g/mol. The van der Waals surface area contributed by atoms with Crippen molar-refractivity contribution in [3.05, 3.63) is 75.0 Å². The lowest BCUT2D eigenvalue weighted by molar-refractivity contribution is -0.152. The van der Waals surface area contributed by atoms with Gasteiger partial charge in [-0.25, -0.2) is 4.79 Å². The minimum atomic E-state index is -1.03. The number of ether oxygens (including phenoxy) is 1. The van der Waals surface area contributed by atoms with Gasteiger partial charge in [-0.2, -0.15) is 0 Å². The molecular weight excluding hydrogens is 408 g/mol. The first kappa shape index (κ1) is 19.9. The van der Waals surface area contributed by atoms with Crippen LogP contribution in [0.25, 0.3) is 5.57 Å². The molecule has 0 spiro atoms. The molecule has 0 aliphatic heterocycles. The highest BCUT2D eigenvalue weighted by Gasteiger charge is 2.66. The Labute approximate surface area is 178 Å². The Morgan fingerprint density at radius 1 is 1.24 bits per heavy atom. The highest BCUT2D eigenvalue weighted by molar-refractivity contribution is 7.16. The highest BCUT2D eigenvalue weighted by atomic mass is 35.5. The average Bonchev–Trinajstić information content (AvgIpc) is 3.45. The number of esters is 1. The summed E-state index contributed by atoms with van der Waals surface area (Å²) >= 11 is 7.47. The zero-order valence-electron chi connectivity index (χ0n) is 16.0. The zero-order valence-corrected chi connectivity index (χ0v) is 17.6. The van der Waals surface area contributed by atoms with E-state index in [2.05, 4.69) is 6.08 Å². The maximum Gasteiger partial charge on any atom is 0.336 e. The number of benzene rings is 1. The van der Waals surface area contributed by atoms with Crippen LogP contribution in [0.5, 0.6) is 0 Å². The van der Waals surface area contributed by atoms with Crippen molar-refractivity contribution in [1.29, 1.82) is 0 Å². The van der Waals surface area contributed by atoms with Crippen LogP contribution in [-0.2, 0) is 14.9 Å². The second-order valence-corrected chi connectivity index (χ2v) is 9.12. The summed E-state index contributed by atoms with van der Waals surface area (Å²) in [6.07, 6.45) is 7.95. The lowest BCUT2D eigenvalue weighted by Crippen LogP contribution is -2.42. The van der Waals surface area contributed by atoms with Gasteiger partial charge in [-0.05, 0) is 43.4 Å². The Morgan fingerprint density at radius 3 is 2.52 bits per heavy atom. The molecule has 1 heterocycles. The lowest BCUT2D eigenvalue weighted by Gasteiger charge is -2.39. The summed E-state index contributed by atoms with van der Waals surface area (Å²) in [6, 6.07) is 11.5. The third-order valence-electron chi connectivity index (χ3n) is 5.91. The van der Waals surface area contributed by atoms with E-state index in [0.29, 0.717) is 35.1 Å². The SMILES string of the molecule is CCOC(=O)C1(C2(c3sc(Cl)cc3C(=O)O)C=CC(c3ccccc3)=CC2)CC1. The van der Waals surface area contributed by atoms with Crippen molar-refractivity contribution in [3.8, 4) is 0 Å². The second kappa shape index (κ2) is 7.47. The van der Waals surface area contributed by atoms with Gasteiger partial charge in [0.05, 0.1) is 21.9 Å². The van der Waals surface area contributed by atoms with Gasteiger partial charge in [-0.15, -0.1) is 11.3 Å². The van der Waals surface area contributed by atoms with Crippen LogP contribution in [0.4, 0.5) is 0 Å². The fourth-order valence-corrected chi connectivity index (χ4v) is 5.80. The van der Waals surface area contributed by atoms with E-state index in [1.54, 1.807) is 6.92 Å². The lowest BCUT2D eigenvalue weighted by atomic mass is 9.65. The van der Waals surface area contributed by atoms with E-state index >= 15 is 0 Å². The maximum absolute atomic E-state index is 13.0. The normalized spacial score (nSPS) is 22.1. The Kier molecular flexibility index (Phi) is 5.13. The minimum absolute atomic E-state index is 0.164. The minimum Gasteiger partial charge on any atom is -0.478 e. The third kappa shape index (κ3) is 3.22. The smallest absolute Gasteiger partial charge is 0.336 e. The summed E-state index contributed by atoms with van der Waals surface area (Å²) < 4.78 is 5.82. The number of hydrogen-bond donors (Lipinski definition) is 1. The molecule has 1 aromatic heterocycles. The first-order chi connectivity index (χ1) is 13.9. The number of hydrogen-bond acceptors (Lipinski definition) is 4. The summed E-state index contributed by atoms with van der Waals surface area (Å²) in [5, 5.41) is 9.77. The third-order valence-corrected chi connectivity index (χ3v) is 7.35. The van der Waals surface area contributed by atoms with Gasteiger partial charge < -0.3 is 9.84 Å². The molecule has 29 heavy (non-hydrogen) atoms. The van der Waals surface area contributed by atoms with Crippen molar-refractivity contribution in [1.82, 2.24) is 0 Å². The van der Waals surface area contributed by atoms with Crippen molar-refractivity contribution < 1.29 is 19.4 Å². The van der Waals surface area contributed by atoms with Crippen LogP contribution in [0.3, 0.4) is 0 Å². The van der Waals surface area contributed by atoms with Crippen LogP contribution in [0, 0.1) is 5.41 Å². The molecule has 0 radical (unpaired) electrons. The van der Waals surface area contributed by atoms with Crippen molar-refractivity contribution in [2.75, 3.05) is 6.61 Å². The number of rotatable bonds is 6. The van der Waals surface area contributed by atoms with Gasteiger partial charge >= 0.3 is 11.9 Å². The molecule has 1 atom stereocenters. The van der Waals surface area contributed by atoms with Crippen molar-refractivity contribution in [3.63, 3.8) is 0 Å². The van der Waals surface area contributed by atoms with E-state index in [4.69, 9.17) is 16.3 Å². The predicted molar refractivity (Wildman–Crippen MR) is 114 cm³/mol. The molecule has 1 N–H and O–H groups in total. The van der Waals surface area contributed by atoms with Gasteiger partial charge in [0.2, 0.25) is 0 Å². The van der Waals surface area contributed by atoms with Crippen LogP contribution in [0.2, 0.25) is 4.34 Å². The van der Waals surface area contributed by atoms with E-state index < -0.39 is 16.8 Å². The Hall–Kier alpha value is -2.37. The summed E-state index contributed by atoms with van der Waals surface area (Å²) in [4.78, 5) is 25.6. The van der Waals surface area contributed by atoms with E-state index in [1.165, 1.54) is 17.4 Å². The number of aromatic carboxylic acids is 1. The van der Waals surface area contributed by atoms with Crippen LogP contribution >= 0.6 is 22.9 Å². The van der Waals surface area contributed by atoms with Crippen molar-refractivity contribution in [2.45, 2.75) is 31.6 Å². The van der Waals surface area contributed by atoms with Gasteiger partial charge in [0.15, 0.2) is 0 Å². The Balaban J connectivity index is 1.84. The molecule has 6 heteroatoms. The van der Waals surface area contributed by atoms with E-state index in [1.807, 2.05) is 42.5 Å². The van der Waals surface area contributed by atoms with Crippen molar-refractivity contribution in [2.24, 2.45) is 5.41 Å². The molecule has 1 aromatic carbocycles. The molecule has 2 aliphatic rings. The standard InChI is InChI=1S/C23H21ClO4S/c1-2-28-21(27)23(12-13-23)22(19-17(20(25)26)14-18(24)29-19)10-8-16(9-11-22)15-6-4-3-5-7-15/h3-10,14H,2,11-13H2,1H3,(H,25,26). The van der Waals surface area contributed by atoms with E-state index in [0.717, 1.165) is 11.1 Å². The highest BCUT2D eigenvalue weighted by Crippen LogP contribution is 2.65. The number of halogens is 1. The molecule has 1 saturated carbocycles.